The summed E-state index contributed by atoms with van der Waals surface area (Å²) < 4.78 is 1.05. The van der Waals surface area contributed by atoms with Gasteiger partial charge in [-0.2, -0.15) is 0 Å². The van der Waals surface area contributed by atoms with Gasteiger partial charge < -0.3 is 10.6 Å². The van der Waals surface area contributed by atoms with Crippen molar-refractivity contribution >= 4 is 27.7 Å². The average molecular weight is 379 g/mol. The first kappa shape index (κ1) is 16.5. The number of carbonyl (C=O) groups excluding carboxylic acids is 2. The molecule has 4 nitrogen and oxygen atoms in total. The van der Waals surface area contributed by atoms with Crippen LogP contribution in [0.15, 0.2) is 28.7 Å². The van der Waals surface area contributed by atoms with Crippen LogP contribution in [0.25, 0.3) is 0 Å². The molecule has 0 spiro atoms. The molecule has 2 saturated carbocycles. The SMILES string of the molecule is O=C(CCNC(=O)C1CC1c1ccc(Br)cc1)NC1CCCC1. The van der Waals surface area contributed by atoms with E-state index in [0.717, 1.165) is 23.7 Å². The van der Waals surface area contributed by atoms with Gasteiger partial charge in [0.2, 0.25) is 11.8 Å². The summed E-state index contributed by atoms with van der Waals surface area (Å²) in [6.45, 7) is 0.431. The number of nitrogens with one attached hydrogen (secondary N) is 2. The second-order valence-electron chi connectivity index (χ2n) is 6.59. The van der Waals surface area contributed by atoms with E-state index in [1.807, 2.05) is 12.1 Å². The standard InChI is InChI=1S/C18H23BrN2O2/c19-13-7-5-12(6-8-13)15-11-16(15)18(23)20-10-9-17(22)21-14-3-1-2-4-14/h5-8,14-16H,1-4,9-11H2,(H,20,23)(H,21,22). The third-order valence-corrected chi connectivity index (χ3v) is 5.33. The zero-order valence-corrected chi connectivity index (χ0v) is 14.8. The highest BCUT2D eigenvalue weighted by Crippen LogP contribution is 2.47. The summed E-state index contributed by atoms with van der Waals surface area (Å²) in [5, 5.41) is 5.95. The molecule has 2 aliphatic rings. The monoisotopic (exact) mass is 378 g/mol. The first-order chi connectivity index (χ1) is 11.1. The van der Waals surface area contributed by atoms with Crippen LogP contribution in [0.3, 0.4) is 0 Å². The number of hydrogen-bond acceptors (Lipinski definition) is 2. The Kier molecular flexibility index (Phi) is 5.36. The molecule has 2 unspecified atom stereocenters. The molecule has 0 aliphatic heterocycles. The second-order valence-corrected chi connectivity index (χ2v) is 7.51. The van der Waals surface area contributed by atoms with Gasteiger partial charge in [0.05, 0.1) is 0 Å². The average Bonchev–Trinajstić information content (AvgIpc) is 3.18. The van der Waals surface area contributed by atoms with E-state index in [-0.39, 0.29) is 17.7 Å². The van der Waals surface area contributed by atoms with Crippen molar-refractivity contribution < 1.29 is 9.59 Å². The summed E-state index contributed by atoms with van der Waals surface area (Å²) >= 11 is 3.42. The first-order valence-corrected chi connectivity index (χ1v) is 9.25. The van der Waals surface area contributed by atoms with Crippen LogP contribution in [0.1, 0.15) is 50.0 Å². The zero-order valence-electron chi connectivity index (χ0n) is 13.2. The fraction of sp³-hybridized carbons (Fsp3) is 0.556. The van der Waals surface area contributed by atoms with Crippen molar-refractivity contribution in [3.63, 3.8) is 0 Å². The molecule has 124 valence electrons. The van der Waals surface area contributed by atoms with Crippen molar-refractivity contribution in [3.8, 4) is 0 Å². The van der Waals surface area contributed by atoms with E-state index >= 15 is 0 Å². The van der Waals surface area contributed by atoms with E-state index in [2.05, 4.69) is 38.7 Å². The van der Waals surface area contributed by atoms with Crippen LogP contribution in [0, 0.1) is 5.92 Å². The third-order valence-electron chi connectivity index (χ3n) is 4.80. The van der Waals surface area contributed by atoms with Gasteiger partial charge >= 0.3 is 0 Å². The molecule has 3 rings (SSSR count). The van der Waals surface area contributed by atoms with Crippen molar-refractivity contribution in [3.05, 3.63) is 34.3 Å². The molecule has 1 aromatic carbocycles. The Balaban J connectivity index is 1.35. The summed E-state index contributed by atoms with van der Waals surface area (Å²) in [6, 6.07) is 8.50. The van der Waals surface area contributed by atoms with E-state index in [4.69, 9.17) is 0 Å². The van der Waals surface area contributed by atoms with Crippen LogP contribution in [0.4, 0.5) is 0 Å². The largest absolute Gasteiger partial charge is 0.355 e. The fourth-order valence-corrected chi connectivity index (χ4v) is 3.63. The molecule has 2 atom stereocenters. The first-order valence-electron chi connectivity index (χ1n) is 8.46. The van der Waals surface area contributed by atoms with Gasteiger partial charge in [0, 0.05) is 29.4 Å². The molecule has 5 heteroatoms. The van der Waals surface area contributed by atoms with Crippen LogP contribution in [-0.2, 0) is 9.59 Å². The van der Waals surface area contributed by atoms with Gasteiger partial charge in [-0.1, -0.05) is 40.9 Å². The Morgan fingerprint density at radius 2 is 1.83 bits per heavy atom. The summed E-state index contributed by atoms with van der Waals surface area (Å²) in [5.41, 5.74) is 1.22. The van der Waals surface area contributed by atoms with Gasteiger partial charge in [-0.05, 0) is 42.9 Å². The van der Waals surface area contributed by atoms with E-state index in [9.17, 15) is 9.59 Å². The minimum atomic E-state index is 0.0532. The molecule has 23 heavy (non-hydrogen) atoms. The third kappa shape index (κ3) is 4.56. The van der Waals surface area contributed by atoms with Crippen LogP contribution >= 0.6 is 15.9 Å². The maximum absolute atomic E-state index is 12.1. The molecule has 0 heterocycles. The summed E-state index contributed by atoms with van der Waals surface area (Å²) in [4.78, 5) is 23.9. The summed E-state index contributed by atoms with van der Waals surface area (Å²) in [6.07, 6.45) is 5.88. The number of halogens is 1. The van der Waals surface area contributed by atoms with Gasteiger partial charge in [0.25, 0.3) is 0 Å². The van der Waals surface area contributed by atoms with Crippen molar-refractivity contribution in [1.82, 2.24) is 10.6 Å². The normalized spacial score (nSPS) is 23.5. The fourth-order valence-electron chi connectivity index (χ4n) is 3.36. The highest BCUT2D eigenvalue weighted by Gasteiger charge is 2.43. The lowest BCUT2D eigenvalue weighted by molar-refractivity contribution is -0.123. The molecule has 1 aromatic rings. The molecule has 0 saturated heterocycles. The van der Waals surface area contributed by atoms with Crippen molar-refractivity contribution in [1.29, 1.82) is 0 Å². The smallest absolute Gasteiger partial charge is 0.223 e. The highest BCUT2D eigenvalue weighted by molar-refractivity contribution is 9.10. The maximum Gasteiger partial charge on any atom is 0.223 e. The summed E-state index contributed by atoms with van der Waals surface area (Å²) in [5.74, 6) is 0.522. The zero-order chi connectivity index (χ0) is 16.2. The molecule has 2 aliphatic carbocycles. The topological polar surface area (TPSA) is 58.2 Å². The Morgan fingerprint density at radius 3 is 2.52 bits per heavy atom. The van der Waals surface area contributed by atoms with E-state index in [1.165, 1.54) is 18.4 Å². The van der Waals surface area contributed by atoms with Crippen LogP contribution in [-0.4, -0.2) is 24.4 Å². The Labute approximate surface area is 145 Å². The quantitative estimate of drug-likeness (QED) is 0.798. The molecule has 0 bridgehead atoms. The molecular weight excluding hydrogens is 356 g/mol. The van der Waals surface area contributed by atoms with Crippen LogP contribution in [0.2, 0.25) is 0 Å². The number of hydrogen-bond donors (Lipinski definition) is 2. The van der Waals surface area contributed by atoms with E-state index < -0.39 is 0 Å². The Morgan fingerprint density at radius 1 is 1.13 bits per heavy atom. The van der Waals surface area contributed by atoms with Gasteiger partial charge in [0.1, 0.15) is 0 Å². The van der Waals surface area contributed by atoms with E-state index in [1.54, 1.807) is 0 Å². The van der Waals surface area contributed by atoms with Gasteiger partial charge in [0.15, 0.2) is 0 Å². The number of carbonyl (C=O) groups is 2. The van der Waals surface area contributed by atoms with Crippen molar-refractivity contribution in [2.45, 2.75) is 50.5 Å². The molecule has 0 radical (unpaired) electrons. The van der Waals surface area contributed by atoms with Gasteiger partial charge in [-0.3, -0.25) is 9.59 Å². The predicted octanol–water partition coefficient (Wildman–Crippen LogP) is 3.12. The lowest BCUT2D eigenvalue weighted by Gasteiger charge is -2.12. The highest BCUT2D eigenvalue weighted by atomic mass is 79.9. The Hall–Kier alpha value is -1.36. The molecule has 2 amide bonds. The summed E-state index contributed by atoms with van der Waals surface area (Å²) in [7, 11) is 0. The number of benzene rings is 1. The van der Waals surface area contributed by atoms with Crippen LogP contribution < -0.4 is 10.6 Å². The predicted molar refractivity (Wildman–Crippen MR) is 93.0 cm³/mol. The number of amides is 2. The maximum atomic E-state index is 12.1. The number of rotatable bonds is 6. The molecule has 2 N–H and O–H groups in total. The van der Waals surface area contributed by atoms with Gasteiger partial charge in [-0.25, -0.2) is 0 Å². The Bertz CT molecular complexity index is 567. The van der Waals surface area contributed by atoms with E-state index in [0.29, 0.717) is 24.9 Å². The molecular formula is C18H23BrN2O2. The second kappa shape index (κ2) is 7.47. The lowest BCUT2D eigenvalue weighted by Crippen LogP contribution is -2.36. The van der Waals surface area contributed by atoms with Crippen molar-refractivity contribution in [2.75, 3.05) is 6.54 Å². The van der Waals surface area contributed by atoms with Crippen molar-refractivity contribution in [2.24, 2.45) is 5.92 Å². The van der Waals surface area contributed by atoms with Crippen LogP contribution in [0.5, 0.6) is 0 Å². The minimum Gasteiger partial charge on any atom is -0.355 e. The van der Waals surface area contributed by atoms with Gasteiger partial charge in [-0.15, -0.1) is 0 Å². The minimum absolute atomic E-state index is 0.0532. The molecule has 2 fully saturated rings. The lowest BCUT2D eigenvalue weighted by atomic mass is 10.1. The molecule has 0 aromatic heterocycles.